The summed E-state index contributed by atoms with van der Waals surface area (Å²) in [6, 6.07) is 7.97. The van der Waals surface area contributed by atoms with Gasteiger partial charge in [-0.1, -0.05) is 12.1 Å². The second-order valence-corrected chi connectivity index (χ2v) is 6.86. The summed E-state index contributed by atoms with van der Waals surface area (Å²) in [5, 5.41) is 0. The Balaban J connectivity index is 1.51. The summed E-state index contributed by atoms with van der Waals surface area (Å²) in [7, 11) is 0. The number of H-pyrrole nitrogens is 1. The van der Waals surface area contributed by atoms with Gasteiger partial charge in [0.25, 0.3) is 0 Å². The lowest BCUT2D eigenvalue weighted by Gasteiger charge is -2.32. The van der Waals surface area contributed by atoms with Gasteiger partial charge in [-0.05, 0) is 38.8 Å². The van der Waals surface area contributed by atoms with E-state index in [1.54, 1.807) is 0 Å². The first kappa shape index (κ1) is 15.9. The molecule has 1 N–H and O–H groups in total. The van der Waals surface area contributed by atoms with Crippen LogP contribution in [0.25, 0.3) is 11.0 Å². The Hall–Kier alpha value is -2.63. The topological polar surface area (TPSA) is 66.8 Å². The summed E-state index contributed by atoms with van der Waals surface area (Å²) in [6.45, 7) is 5.86. The van der Waals surface area contributed by atoms with Gasteiger partial charge in [-0.3, -0.25) is 4.79 Å². The molecule has 0 saturated carbocycles. The molecule has 1 fully saturated rings. The Morgan fingerprint density at radius 3 is 2.96 bits per heavy atom. The average molecular weight is 337 g/mol. The number of hydrogen-bond acceptors (Lipinski definition) is 3. The first-order valence-electron chi connectivity index (χ1n) is 8.83. The summed E-state index contributed by atoms with van der Waals surface area (Å²) in [5.41, 5.74) is 3.03. The number of amides is 1. The van der Waals surface area contributed by atoms with Crippen LogP contribution in [-0.2, 0) is 11.3 Å². The number of aryl methyl sites for hydroxylation is 2. The van der Waals surface area contributed by atoms with Gasteiger partial charge in [-0.25, -0.2) is 9.97 Å². The van der Waals surface area contributed by atoms with Crippen molar-refractivity contribution in [3.63, 3.8) is 0 Å². The van der Waals surface area contributed by atoms with E-state index in [4.69, 9.17) is 0 Å². The van der Waals surface area contributed by atoms with Gasteiger partial charge in [-0.2, -0.15) is 0 Å². The number of piperidine rings is 1. The molecule has 3 aromatic rings. The lowest BCUT2D eigenvalue weighted by molar-refractivity contribution is -0.133. The Morgan fingerprint density at radius 1 is 1.32 bits per heavy atom. The maximum absolute atomic E-state index is 12.9. The van der Waals surface area contributed by atoms with Crippen LogP contribution in [0.3, 0.4) is 0 Å². The molecule has 130 valence electrons. The van der Waals surface area contributed by atoms with Gasteiger partial charge < -0.3 is 14.5 Å². The Labute approximate surface area is 146 Å². The third-order valence-electron chi connectivity index (χ3n) is 5.02. The number of carbonyl (C=O) groups excluding carboxylic acids is 1. The molecule has 1 amide bonds. The lowest BCUT2D eigenvalue weighted by atomic mass is 9.97. The number of aromatic amines is 1. The molecule has 1 saturated heterocycles. The molecule has 6 nitrogen and oxygen atoms in total. The average Bonchev–Trinajstić information content (AvgIpc) is 3.19. The molecule has 2 aromatic heterocycles. The summed E-state index contributed by atoms with van der Waals surface area (Å²) < 4.78 is 2.01. The number of benzene rings is 1. The van der Waals surface area contributed by atoms with E-state index in [1.165, 1.54) is 0 Å². The van der Waals surface area contributed by atoms with Crippen LogP contribution in [0.4, 0.5) is 0 Å². The molecule has 0 aliphatic carbocycles. The van der Waals surface area contributed by atoms with E-state index < -0.39 is 0 Å². The largest absolute Gasteiger partial charge is 0.346 e. The van der Waals surface area contributed by atoms with Crippen molar-refractivity contribution in [2.45, 2.75) is 39.2 Å². The molecule has 0 spiro atoms. The molecule has 1 aliphatic heterocycles. The summed E-state index contributed by atoms with van der Waals surface area (Å²) >= 11 is 0. The van der Waals surface area contributed by atoms with Crippen LogP contribution in [-0.4, -0.2) is 43.4 Å². The Kier molecular flexibility index (Phi) is 4.03. The number of imidazole rings is 2. The normalized spacial score (nSPS) is 18.0. The molecule has 0 bridgehead atoms. The van der Waals surface area contributed by atoms with Crippen LogP contribution in [0.1, 0.15) is 36.1 Å². The first-order chi connectivity index (χ1) is 12.1. The van der Waals surface area contributed by atoms with E-state index in [1.807, 2.05) is 53.8 Å². The van der Waals surface area contributed by atoms with Crippen molar-refractivity contribution in [1.82, 2.24) is 24.4 Å². The number of fused-ring (bicyclic) bond motifs is 1. The number of nitrogens with zero attached hydrogens (tertiary/aromatic N) is 4. The lowest BCUT2D eigenvalue weighted by Crippen LogP contribution is -2.41. The van der Waals surface area contributed by atoms with Gasteiger partial charge in [0.05, 0.1) is 11.0 Å². The molecule has 0 radical (unpaired) electrons. The van der Waals surface area contributed by atoms with Crippen molar-refractivity contribution in [2.24, 2.45) is 0 Å². The van der Waals surface area contributed by atoms with Crippen LogP contribution in [0.5, 0.6) is 0 Å². The fraction of sp³-hybridized carbons (Fsp3) is 0.421. The van der Waals surface area contributed by atoms with Crippen molar-refractivity contribution in [1.29, 1.82) is 0 Å². The van der Waals surface area contributed by atoms with Crippen LogP contribution in [0.15, 0.2) is 30.5 Å². The van der Waals surface area contributed by atoms with Crippen molar-refractivity contribution in [3.05, 3.63) is 47.8 Å². The SMILES string of the molecule is Cc1cnc([C@@H]2CCCN(C(=O)Cn3c(C)nc4ccccc43)C2)[nH]1. The number of rotatable bonds is 3. The highest BCUT2D eigenvalue weighted by Crippen LogP contribution is 2.25. The predicted molar refractivity (Wildman–Crippen MR) is 96.3 cm³/mol. The molecule has 3 heterocycles. The van der Waals surface area contributed by atoms with Gasteiger partial charge in [-0.15, -0.1) is 0 Å². The zero-order valence-corrected chi connectivity index (χ0v) is 14.7. The van der Waals surface area contributed by atoms with Gasteiger partial charge in [0.1, 0.15) is 18.2 Å². The van der Waals surface area contributed by atoms with Crippen LogP contribution >= 0.6 is 0 Å². The van der Waals surface area contributed by atoms with Crippen molar-refractivity contribution >= 4 is 16.9 Å². The van der Waals surface area contributed by atoms with E-state index in [0.717, 1.165) is 54.3 Å². The van der Waals surface area contributed by atoms with E-state index in [9.17, 15) is 4.79 Å². The summed E-state index contributed by atoms with van der Waals surface area (Å²) in [6.07, 6.45) is 3.95. The van der Waals surface area contributed by atoms with Gasteiger partial charge >= 0.3 is 0 Å². The van der Waals surface area contributed by atoms with Crippen molar-refractivity contribution in [3.8, 4) is 0 Å². The molecule has 25 heavy (non-hydrogen) atoms. The van der Waals surface area contributed by atoms with E-state index in [-0.39, 0.29) is 5.91 Å². The number of nitrogens with one attached hydrogen (secondary N) is 1. The van der Waals surface area contributed by atoms with E-state index >= 15 is 0 Å². The molecule has 6 heteroatoms. The van der Waals surface area contributed by atoms with Crippen LogP contribution < -0.4 is 0 Å². The summed E-state index contributed by atoms with van der Waals surface area (Å²) in [5.74, 6) is 2.33. The number of para-hydroxylation sites is 2. The highest BCUT2D eigenvalue weighted by Gasteiger charge is 2.27. The highest BCUT2D eigenvalue weighted by molar-refractivity contribution is 5.81. The number of hydrogen-bond donors (Lipinski definition) is 1. The van der Waals surface area contributed by atoms with Gasteiger partial charge in [0.15, 0.2) is 0 Å². The molecule has 1 aliphatic rings. The zero-order chi connectivity index (χ0) is 17.4. The van der Waals surface area contributed by atoms with Crippen molar-refractivity contribution < 1.29 is 4.79 Å². The maximum Gasteiger partial charge on any atom is 0.242 e. The zero-order valence-electron chi connectivity index (χ0n) is 14.7. The van der Waals surface area contributed by atoms with E-state index in [0.29, 0.717) is 12.5 Å². The van der Waals surface area contributed by atoms with E-state index in [2.05, 4.69) is 15.0 Å². The van der Waals surface area contributed by atoms with Crippen molar-refractivity contribution in [2.75, 3.05) is 13.1 Å². The Bertz CT molecular complexity index is 910. The quantitative estimate of drug-likeness (QED) is 0.799. The highest BCUT2D eigenvalue weighted by atomic mass is 16.2. The smallest absolute Gasteiger partial charge is 0.242 e. The third kappa shape index (κ3) is 3.04. The standard InChI is InChI=1S/C19H23N5O/c1-13-10-20-19(21-13)15-6-5-9-23(11-15)18(25)12-24-14(2)22-16-7-3-4-8-17(16)24/h3-4,7-8,10,15H,5-6,9,11-12H2,1-2H3,(H,20,21)/t15-/m1/s1. The predicted octanol–water partition coefficient (Wildman–Crippen LogP) is 2.78. The fourth-order valence-corrected chi connectivity index (χ4v) is 3.70. The van der Waals surface area contributed by atoms with Gasteiger partial charge in [0.2, 0.25) is 5.91 Å². The molecule has 1 atom stereocenters. The number of likely N-dealkylation sites (tertiary alicyclic amines) is 1. The minimum absolute atomic E-state index is 0.152. The monoisotopic (exact) mass is 337 g/mol. The number of aromatic nitrogens is 4. The Morgan fingerprint density at radius 2 is 2.16 bits per heavy atom. The fourth-order valence-electron chi connectivity index (χ4n) is 3.70. The van der Waals surface area contributed by atoms with Crippen LogP contribution in [0, 0.1) is 13.8 Å². The minimum Gasteiger partial charge on any atom is -0.346 e. The minimum atomic E-state index is 0.152. The number of carbonyl (C=O) groups is 1. The summed E-state index contributed by atoms with van der Waals surface area (Å²) in [4.78, 5) is 27.2. The third-order valence-corrected chi connectivity index (χ3v) is 5.02. The molecule has 0 unspecified atom stereocenters. The second-order valence-electron chi connectivity index (χ2n) is 6.86. The molecule has 4 rings (SSSR count). The second kappa shape index (κ2) is 6.35. The van der Waals surface area contributed by atoms with Crippen LogP contribution in [0.2, 0.25) is 0 Å². The maximum atomic E-state index is 12.9. The molecular weight excluding hydrogens is 314 g/mol. The molecule has 1 aromatic carbocycles. The van der Waals surface area contributed by atoms with Gasteiger partial charge in [0, 0.05) is 30.9 Å². The first-order valence-corrected chi connectivity index (χ1v) is 8.83. The molecular formula is C19H23N5O.